The third-order valence-electron chi connectivity index (χ3n) is 6.04. The van der Waals surface area contributed by atoms with Gasteiger partial charge >= 0.3 is 6.03 Å². The number of amides is 2. The molecule has 0 aromatic heterocycles. The number of aliphatic hydroxyl groups excluding tert-OH is 1. The molecule has 2 aromatic carbocycles. The van der Waals surface area contributed by atoms with Crippen LogP contribution in [0.5, 0.6) is 0 Å². The van der Waals surface area contributed by atoms with Crippen LogP contribution in [0, 0.1) is 11.7 Å². The van der Waals surface area contributed by atoms with Gasteiger partial charge in [0.2, 0.25) is 0 Å². The highest BCUT2D eigenvalue weighted by atomic mass is 19.1. The number of nitrogens with one attached hydrogen (secondary N) is 1. The van der Waals surface area contributed by atoms with Gasteiger partial charge in [0.15, 0.2) is 0 Å². The van der Waals surface area contributed by atoms with Crippen molar-refractivity contribution < 1.29 is 19.0 Å². The lowest BCUT2D eigenvalue weighted by Crippen LogP contribution is -2.43. The van der Waals surface area contributed by atoms with Crippen molar-refractivity contribution in [1.29, 1.82) is 0 Å². The second-order valence-electron chi connectivity index (χ2n) is 8.60. The molecule has 6 nitrogen and oxygen atoms in total. The summed E-state index contributed by atoms with van der Waals surface area (Å²) in [6.45, 7) is 4.09. The summed E-state index contributed by atoms with van der Waals surface area (Å²) in [5.74, 6) is 0.134. The van der Waals surface area contributed by atoms with Crippen LogP contribution in [0.25, 0.3) is 0 Å². The summed E-state index contributed by atoms with van der Waals surface area (Å²) >= 11 is 0. The number of likely N-dealkylation sites (tertiary alicyclic amines) is 1. The number of hydrogen-bond acceptors (Lipinski definition) is 4. The smallest absolute Gasteiger partial charge is 0.317 e. The van der Waals surface area contributed by atoms with Gasteiger partial charge in [0.25, 0.3) is 0 Å². The molecule has 0 aliphatic carbocycles. The standard InChI is InChI=1S/C25H34FN3O3/c1-28(16-20-3-5-21(6-4-20)18-32-2)25(31)27-15-19-11-13-29(14-12-19)17-24(30)22-7-9-23(26)10-8-22/h3-10,19,24,30H,11-18H2,1-2H3,(H,27,31). The molecule has 2 amide bonds. The molecule has 0 saturated carbocycles. The number of piperidine rings is 1. The fourth-order valence-electron chi connectivity index (χ4n) is 4.03. The van der Waals surface area contributed by atoms with Crippen molar-refractivity contribution in [2.24, 2.45) is 5.92 Å². The molecule has 7 heteroatoms. The van der Waals surface area contributed by atoms with Crippen molar-refractivity contribution in [2.75, 3.05) is 40.3 Å². The summed E-state index contributed by atoms with van der Waals surface area (Å²) in [5, 5.41) is 13.5. The Hall–Kier alpha value is -2.48. The minimum absolute atomic E-state index is 0.0693. The fourth-order valence-corrected chi connectivity index (χ4v) is 4.03. The van der Waals surface area contributed by atoms with Crippen molar-refractivity contribution in [3.8, 4) is 0 Å². The average Bonchev–Trinajstić information content (AvgIpc) is 2.80. The average molecular weight is 444 g/mol. The number of methoxy groups -OCH3 is 1. The van der Waals surface area contributed by atoms with Crippen molar-refractivity contribution in [1.82, 2.24) is 15.1 Å². The number of carbonyl (C=O) groups excluding carboxylic acids is 1. The third-order valence-corrected chi connectivity index (χ3v) is 6.04. The fraction of sp³-hybridized carbons (Fsp3) is 0.480. The first-order valence-electron chi connectivity index (χ1n) is 11.2. The quantitative estimate of drug-likeness (QED) is 0.622. The lowest BCUT2D eigenvalue weighted by Gasteiger charge is -2.33. The lowest BCUT2D eigenvalue weighted by atomic mass is 9.96. The molecule has 1 fully saturated rings. The Bertz CT molecular complexity index is 837. The molecule has 1 unspecified atom stereocenters. The van der Waals surface area contributed by atoms with Gasteiger partial charge in [0, 0.05) is 33.8 Å². The van der Waals surface area contributed by atoms with Gasteiger partial charge in [-0.3, -0.25) is 0 Å². The number of β-amino-alcohol motifs (C(OH)–C–C–N with tert-alkyl or cyclic N) is 1. The SMILES string of the molecule is COCc1ccc(CN(C)C(=O)NCC2CCN(CC(O)c3ccc(F)cc3)CC2)cc1. The van der Waals surface area contributed by atoms with Gasteiger partial charge < -0.3 is 25.0 Å². The van der Waals surface area contributed by atoms with Crippen molar-refractivity contribution in [2.45, 2.75) is 32.1 Å². The Morgan fingerprint density at radius 2 is 1.78 bits per heavy atom. The maximum absolute atomic E-state index is 13.1. The van der Waals surface area contributed by atoms with E-state index in [4.69, 9.17) is 4.74 Å². The van der Waals surface area contributed by atoms with Crippen LogP contribution in [0.2, 0.25) is 0 Å². The van der Waals surface area contributed by atoms with Crippen LogP contribution in [0.15, 0.2) is 48.5 Å². The molecular formula is C25H34FN3O3. The maximum atomic E-state index is 13.1. The normalized spacial score (nSPS) is 16.0. The van der Waals surface area contributed by atoms with Gasteiger partial charge in [-0.2, -0.15) is 0 Å². The Labute approximate surface area is 190 Å². The van der Waals surface area contributed by atoms with Gasteiger partial charge in [0.05, 0.1) is 12.7 Å². The highest BCUT2D eigenvalue weighted by molar-refractivity contribution is 5.73. The van der Waals surface area contributed by atoms with Crippen LogP contribution in [0.1, 0.15) is 35.6 Å². The first kappa shape index (κ1) is 24.2. The van der Waals surface area contributed by atoms with Crippen LogP contribution >= 0.6 is 0 Å². The number of nitrogens with zero attached hydrogens (tertiary/aromatic N) is 2. The van der Waals surface area contributed by atoms with E-state index < -0.39 is 6.10 Å². The molecule has 3 rings (SSSR count). The van der Waals surface area contributed by atoms with Crippen molar-refractivity contribution in [3.63, 3.8) is 0 Å². The van der Waals surface area contributed by atoms with E-state index >= 15 is 0 Å². The van der Waals surface area contributed by atoms with E-state index in [0.29, 0.717) is 32.2 Å². The van der Waals surface area contributed by atoms with Crippen LogP contribution < -0.4 is 5.32 Å². The third kappa shape index (κ3) is 7.29. The topological polar surface area (TPSA) is 65.0 Å². The molecule has 2 aromatic rings. The molecule has 1 aliphatic heterocycles. The molecule has 1 saturated heterocycles. The second kappa shape index (κ2) is 11.9. The molecule has 1 atom stereocenters. The van der Waals surface area contributed by atoms with Gasteiger partial charge in [-0.25, -0.2) is 9.18 Å². The van der Waals surface area contributed by atoms with E-state index in [2.05, 4.69) is 10.2 Å². The number of aliphatic hydroxyl groups is 1. The van der Waals surface area contributed by atoms with Crippen LogP contribution in [0.3, 0.4) is 0 Å². The van der Waals surface area contributed by atoms with Crippen LogP contribution in [-0.4, -0.2) is 61.3 Å². The number of hydrogen-bond donors (Lipinski definition) is 2. The predicted molar refractivity (Wildman–Crippen MR) is 123 cm³/mol. The van der Waals surface area contributed by atoms with Gasteiger partial charge in [-0.15, -0.1) is 0 Å². The van der Waals surface area contributed by atoms with E-state index in [1.165, 1.54) is 12.1 Å². The predicted octanol–water partition coefficient (Wildman–Crippen LogP) is 3.56. The Kier molecular flexibility index (Phi) is 9.02. The van der Waals surface area contributed by atoms with Crippen molar-refractivity contribution in [3.05, 3.63) is 71.0 Å². The summed E-state index contributed by atoms with van der Waals surface area (Å²) in [4.78, 5) is 16.4. The number of ether oxygens (including phenoxy) is 1. The summed E-state index contributed by atoms with van der Waals surface area (Å²) in [7, 11) is 3.48. The Balaban J connectivity index is 1.35. The summed E-state index contributed by atoms with van der Waals surface area (Å²) < 4.78 is 18.2. The van der Waals surface area contributed by atoms with Gasteiger partial charge in [0.1, 0.15) is 5.82 Å². The summed E-state index contributed by atoms with van der Waals surface area (Å²) in [6.07, 6.45) is 1.33. The molecule has 0 radical (unpaired) electrons. The van der Waals surface area contributed by atoms with Crippen molar-refractivity contribution >= 4 is 6.03 Å². The zero-order valence-electron chi connectivity index (χ0n) is 19.0. The number of urea groups is 1. The maximum Gasteiger partial charge on any atom is 0.317 e. The molecular weight excluding hydrogens is 409 g/mol. The minimum Gasteiger partial charge on any atom is -0.387 e. The molecule has 174 valence electrons. The highest BCUT2D eigenvalue weighted by Gasteiger charge is 2.22. The largest absolute Gasteiger partial charge is 0.387 e. The lowest BCUT2D eigenvalue weighted by molar-refractivity contribution is 0.0891. The van der Waals surface area contributed by atoms with E-state index in [1.807, 2.05) is 24.3 Å². The molecule has 2 N–H and O–H groups in total. The van der Waals surface area contributed by atoms with E-state index in [9.17, 15) is 14.3 Å². The van der Waals surface area contributed by atoms with E-state index in [0.717, 1.165) is 42.6 Å². The first-order valence-corrected chi connectivity index (χ1v) is 11.2. The van der Waals surface area contributed by atoms with E-state index in [-0.39, 0.29) is 11.8 Å². The monoisotopic (exact) mass is 443 g/mol. The number of benzene rings is 2. The number of halogens is 1. The molecule has 0 spiro atoms. The molecule has 32 heavy (non-hydrogen) atoms. The summed E-state index contributed by atoms with van der Waals surface area (Å²) in [6, 6.07) is 14.0. The second-order valence-corrected chi connectivity index (χ2v) is 8.60. The van der Waals surface area contributed by atoms with Crippen LogP contribution in [0.4, 0.5) is 9.18 Å². The van der Waals surface area contributed by atoms with Gasteiger partial charge in [-0.05, 0) is 60.7 Å². The molecule has 1 aliphatic rings. The Morgan fingerprint density at radius 3 is 2.41 bits per heavy atom. The Morgan fingerprint density at radius 1 is 1.16 bits per heavy atom. The number of carbonyl (C=O) groups is 1. The van der Waals surface area contributed by atoms with Gasteiger partial charge in [-0.1, -0.05) is 36.4 Å². The first-order chi connectivity index (χ1) is 15.4. The summed E-state index contributed by atoms with van der Waals surface area (Å²) in [5.41, 5.74) is 2.92. The molecule has 1 heterocycles. The highest BCUT2D eigenvalue weighted by Crippen LogP contribution is 2.21. The zero-order valence-corrected chi connectivity index (χ0v) is 19.0. The minimum atomic E-state index is -0.621. The zero-order chi connectivity index (χ0) is 22.9. The van der Waals surface area contributed by atoms with Crippen LogP contribution in [-0.2, 0) is 17.9 Å². The molecule has 0 bridgehead atoms. The van der Waals surface area contributed by atoms with E-state index in [1.54, 1.807) is 31.2 Å². The number of rotatable bonds is 9.